The molecule has 0 bridgehead atoms. The SMILES string of the molecule is Cc1nc(C2(C(N)=O)CC(NS(=O)(=O)c3ccc(S(C)(=O)=O)cc3)CN2C(N)=O)sc1-c1ccnc(C(C)(CF)C(F)F)c1. The number of carbonyl (C=O) groups is 2. The van der Waals surface area contributed by atoms with Gasteiger partial charge in [0.15, 0.2) is 15.4 Å². The zero-order chi connectivity index (χ0) is 32.8. The fourth-order valence-corrected chi connectivity index (χ4v) is 8.06. The molecule has 238 valence electrons. The molecule has 3 aromatic rings. The Kier molecular flexibility index (Phi) is 8.86. The van der Waals surface area contributed by atoms with Gasteiger partial charge in [-0.3, -0.25) is 9.78 Å². The molecule has 0 spiro atoms. The van der Waals surface area contributed by atoms with Gasteiger partial charge in [0, 0.05) is 31.5 Å². The molecule has 1 saturated heterocycles. The first-order valence-corrected chi connectivity index (χ1v) is 17.0. The van der Waals surface area contributed by atoms with Gasteiger partial charge >= 0.3 is 6.03 Å². The van der Waals surface area contributed by atoms with E-state index in [2.05, 4.69) is 14.7 Å². The van der Waals surface area contributed by atoms with Crippen LogP contribution in [0.5, 0.6) is 0 Å². The molecule has 3 unspecified atom stereocenters. The average molecular weight is 675 g/mol. The summed E-state index contributed by atoms with van der Waals surface area (Å²) in [5, 5.41) is -0.00372. The highest BCUT2D eigenvalue weighted by atomic mass is 32.2. The standard InChI is InChI=1S/C26H29F3N6O6S3/c1-14-20(15-8-9-32-19(10-15)25(2,13-27)21(28)29)42-23(33-14)26(22(30)36)11-16(12-35(26)24(31)37)34-44(40,41)18-6-4-17(5-7-18)43(3,38)39/h4-10,16,21,34H,11-13H2,1-3H3,(H2,30,36)(H2,31,37). The summed E-state index contributed by atoms with van der Waals surface area (Å²) in [7, 11) is -7.86. The second-order valence-corrected chi connectivity index (χ2v) is 15.4. The molecular weight excluding hydrogens is 646 g/mol. The molecule has 44 heavy (non-hydrogen) atoms. The highest BCUT2D eigenvalue weighted by molar-refractivity contribution is 7.90. The van der Waals surface area contributed by atoms with Crippen LogP contribution in [0.4, 0.5) is 18.0 Å². The molecule has 0 radical (unpaired) electrons. The summed E-state index contributed by atoms with van der Waals surface area (Å²) in [5.41, 5.74) is 7.75. The summed E-state index contributed by atoms with van der Waals surface area (Å²) in [5.74, 6) is -1.05. The average Bonchev–Trinajstić information content (AvgIpc) is 3.53. The highest BCUT2D eigenvalue weighted by Crippen LogP contribution is 2.44. The van der Waals surface area contributed by atoms with Crippen molar-refractivity contribution in [3.63, 3.8) is 0 Å². The van der Waals surface area contributed by atoms with Crippen molar-refractivity contribution < 1.29 is 39.6 Å². The number of sulfonamides is 1. The van der Waals surface area contributed by atoms with Crippen molar-refractivity contribution in [2.75, 3.05) is 19.5 Å². The van der Waals surface area contributed by atoms with Crippen LogP contribution in [0.1, 0.15) is 29.7 Å². The first-order valence-electron chi connectivity index (χ1n) is 12.8. The third kappa shape index (κ3) is 5.90. The molecule has 3 atom stereocenters. The molecule has 3 amide bonds. The van der Waals surface area contributed by atoms with Crippen LogP contribution in [0, 0.1) is 6.92 Å². The number of hydrogen-bond acceptors (Lipinski definition) is 9. The van der Waals surface area contributed by atoms with Crippen LogP contribution in [0.3, 0.4) is 0 Å². The Morgan fingerprint density at radius 1 is 1.16 bits per heavy atom. The van der Waals surface area contributed by atoms with Crippen LogP contribution >= 0.6 is 11.3 Å². The Bertz CT molecular complexity index is 1820. The van der Waals surface area contributed by atoms with Crippen LogP contribution < -0.4 is 16.2 Å². The maximum atomic E-state index is 13.7. The van der Waals surface area contributed by atoms with E-state index in [1.807, 2.05) is 0 Å². The van der Waals surface area contributed by atoms with E-state index in [1.165, 1.54) is 18.3 Å². The predicted octanol–water partition coefficient (Wildman–Crippen LogP) is 2.22. The van der Waals surface area contributed by atoms with Crippen LogP contribution in [0.15, 0.2) is 52.4 Å². The number of pyridine rings is 1. The van der Waals surface area contributed by atoms with E-state index in [1.54, 1.807) is 6.92 Å². The van der Waals surface area contributed by atoms with Gasteiger partial charge in [0.1, 0.15) is 11.7 Å². The molecular formula is C26H29F3N6O6S3. The number of sulfone groups is 1. The van der Waals surface area contributed by atoms with Gasteiger partial charge in [-0.05, 0) is 55.8 Å². The number of likely N-dealkylation sites (tertiary alicyclic amines) is 1. The third-order valence-electron chi connectivity index (χ3n) is 7.48. The fourth-order valence-electron chi connectivity index (χ4n) is 4.92. The molecule has 1 aliphatic rings. The fraction of sp³-hybridized carbons (Fsp3) is 0.385. The minimum absolute atomic E-state index is 0.00372. The van der Waals surface area contributed by atoms with Gasteiger partial charge in [0.2, 0.25) is 10.0 Å². The van der Waals surface area contributed by atoms with E-state index < -0.39 is 61.9 Å². The first kappa shape index (κ1) is 33.3. The van der Waals surface area contributed by atoms with Crippen molar-refractivity contribution >= 4 is 43.1 Å². The number of alkyl halides is 3. The van der Waals surface area contributed by atoms with E-state index in [4.69, 9.17) is 11.5 Å². The number of rotatable bonds is 10. The number of primary amides is 2. The largest absolute Gasteiger partial charge is 0.367 e. The molecule has 18 heteroatoms. The number of amides is 3. The number of hydrogen-bond donors (Lipinski definition) is 3. The zero-order valence-corrected chi connectivity index (χ0v) is 26.1. The second kappa shape index (κ2) is 11.7. The van der Waals surface area contributed by atoms with Crippen molar-refractivity contribution in [3.8, 4) is 10.4 Å². The van der Waals surface area contributed by atoms with Crippen molar-refractivity contribution in [1.29, 1.82) is 0 Å². The van der Waals surface area contributed by atoms with Crippen molar-refractivity contribution in [3.05, 3.63) is 59.0 Å². The minimum atomic E-state index is -4.28. The van der Waals surface area contributed by atoms with Gasteiger partial charge in [-0.1, -0.05) is 0 Å². The molecule has 3 heterocycles. The molecule has 1 aromatic carbocycles. The number of aromatic nitrogens is 2. The van der Waals surface area contributed by atoms with Crippen molar-refractivity contribution in [2.45, 2.75) is 53.5 Å². The molecule has 1 fully saturated rings. The lowest BCUT2D eigenvalue weighted by atomic mass is 9.87. The summed E-state index contributed by atoms with van der Waals surface area (Å²) < 4.78 is 93.3. The minimum Gasteiger partial charge on any atom is -0.367 e. The first-order chi connectivity index (χ1) is 20.4. The topological polar surface area (TPSA) is 196 Å². The summed E-state index contributed by atoms with van der Waals surface area (Å²) >= 11 is 0.909. The lowest BCUT2D eigenvalue weighted by Gasteiger charge is -2.32. The lowest BCUT2D eigenvalue weighted by Crippen LogP contribution is -2.55. The van der Waals surface area contributed by atoms with E-state index in [-0.39, 0.29) is 33.5 Å². The third-order valence-corrected chi connectivity index (χ3v) is 11.5. The Morgan fingerprint density at radius 2 is 1.77 bits per heavy atom. The molecule has 0 saturated carbocycles. The molecule has 5 N–H and O–H groups in total. The van der Waals surface area contributed by atoms with Gasteiger partial charge in [-0.15, -0.1) is 11.3 Å². The molecule has 12 nitrogen and oxygen atoms in total. The number of halogens is 3. The number of nitrogens with one attached hydrogen (secondary N) is 1. The van der Waals surface area contributed by atoms with Crippen LogP contribution in [0.2, 0.25) is 0 Å². The second-order valence-electron chi connectivity index (χ2n) is 10.7. The monoisotopic (exact) mass is 674 g/mol. The summed E-state index contributed by atoms with van der Waals surface area (Å²) in [4.78, 5) is 35.0. The maximum absolute atomic E-state index is 13.7. The van der Waals surface area contributed by atoms with E-state index >= 15 is 0 Å². The van der Waals surface area contributed by atoms with Gasteiger partial charge in [0.05, 0.1) is 31.5 Å². The summed E-state index contributed by atoms with van der Waals surface area (Å²) in [6.07, 6.45) is -1.20. The maximum Gasteiger partial charge on any atom is 0.316 e. The summed E-state index contributed by atoms with van der Waals surface area (Å²) in [6, 6.07) is 5.07. The van der Waals surface area contributed by atoms with Gasteiger partial charge < -0.3 is 16.4 Å². The highest BCUT2D eigenvalue weighted by Gasteiger charge is 2.56. The molecule has 2 aromatic heterocycles. The van der Waals surface area contributed by atoms with Crippen LogP contribution in [-0.2, 0) is 35.6 Å². The van der Waals surface area contributed by atoms with Crippen LogP contribution in [-0.4, -0.2) is 75.6 Å². The van der Waals surface area contributed by atoms with Crippen molar-refractivity contribution in [2.24, 2.45) is 11.5 Å². The predicted molar refractivity (Wildman–Crippen MR) is 155 cm³/mol. The quantitative estimate of drug-likeness (QED) is 0.291. The summed E-state index contributed by atoms with van der Waals surface area (Å²) in [6.45, 7) is 0.873. The van der Waals surface area contributed by atoms with E-state index in [9.17, 15) is 39.6 Å². The van der Waals surface area contributed by atoms with Crippen molar-refractivity contribution in [1.82, 2.24) is 19.6 Å². The Labute approximate surface area is 255 Å². The lowest BCUT2D eigenvalue weighted by molar-refractivity contribution is -0.127. The zero-order valence-electron chi connectivity index (χ0n) is 23.6. The molecule has 0 aliphatic carbocycles. The van der Waals surface area contributed by atoms with Gasteiger partial charge in [0.25, 0.3) is 12.3 Å². The number of nitrogens with two attached hydrogens (primary N) is 2. The Balaban J connectivity index is 1.73. The molecule has 1 aliphatic heterocycles. The Hall–Kier alpha value is -3.61. The van der Waals surface area contributed by atoms with E-state index in [0.717, 1.165) is 53.7 Å². The number of nitrogens with zero attached hydrogens (tertiary/aromatic N) is 3. The molecule has 4 rings (SSSR count). The number of carbonyl (C=O) groups excluding carboxylic acids is 2. The smallest absolute Gasteiger partial charge is 0.316 e. The number of urea groups is 1. The van der Waals surface area contributed by atoms with Gasteiger partial charge in [-0.25, -0.2) is 44.5 Å². The Morgan fingerprint density at radius 3 is 2.30 bits per heavy atom. The van der Waals surface area contributed by atoms with E-state index in [0.29, 0.717) is 16.1 Å². The number of benzene rings is 1. The normalized spacial score (nSPS) is 20.5. The number of thiazole rings is 1. The van der Waals surface area contributed by atoms with Crippen LogP contribution in [0.25, 0.3) is 10.4 Å². The number of aryl methyl sites for hydroxylation is 1. The van der Waals surface area contributed by atoms with Gasteiger partial charge in [-0.2, -0.15) is 0 Å².